The van der Waals surface area contributed by atoms with Gasteiger partial charge in [-0.3, -0.25) is 4.98 Å². The maximum Gasteiger partial charge on any atom is 0.141 e. The molecule has 1 aromatic heterocycles. The van der Waals surface area contributed by atoms with Crippen LogP contribution in [0, 0.1) is 11.7 Å². The van der Waals surface area contributed by atoms with Crippen molar-refractivity contribution in [1.82, 2.24) is 9.88 Å². The van der Waals surface area contributed by atoms with Crippen LogP contribution in [0.25, 0.3) is 0 Å². The van der Waals surface area contributed by atoms with Crippen LogP contribution in [-0.4, -0.2) is 34.1 Å². The van der Waals surface area contributed by atoms with Crippen molar-refractivity contribution < 1.29 is 9.50 Å². The van der Waals surface area contributed by atoms with E-state index in [1.54, 1.807) is 6.07 Å². The summed E-state index contributed by atoms with van der Waals surface area (Å²) in [6.07, 6.45) is 3.66. The van der Waals surface area contributed by atoms with Crippen LogP contribution in [0.3, 0.4) is 0 Å². The van der Waals surface area contributed by atoms with Crippen molar-refractivity contribution in [3.05, 3.63) is 29.8 Å². The highest BCUT2D eigenvalue weighted by atomic mass is 19.1. The molecule has 1 fully saturated rings. The van der Waals surface area contributed by atoms with Crippen molar-refractivity contribution in [2.24, 2.45) is 5.92 Å². The summed E-state index contributed by atoms with van der Waals surface area (Å²) in [7, 11) is 0. The molecule has 0 amide bonds. The average Bonchev–Trinajstić information content (AvgIpc) is 2.38. The fourth-order valence-electron chi connectivity index (χ4n) is 2.81. The fraction of sp³-hybridized carbons (Fsp3) is 0.667. The summed E-state index contributed by atoms with van der Waals surface area (Å²) in [5, 5.41) is 10.1. The van der Waals surface area contributed by atoms with Crippen molar-refractivity contribution in [1.29, 1.82) is 0 Å². The molecule has 0 bridgehead atoms. The van der Waals surface area contributed by atoms with Gasteiger partial charge in [0.25, 0.3) is 0 Å². The number of halogens is 1. The highest BCUT2D eigenvalue weighted by Gasteiger charge is 2.23. The molecule has 1 aliphatic heterocycles. The number of nitrogens with zero attached hydrogens (tertiary/aromatic N) is 2. The highest BCUT2D eigenvalue weighted by molar-refractivity contribution is 5.08. The van der Waals surface area contributed by atoms with Crippen molar-refractivity contribution in [3.8, 4) is 0 Å². The van der Waals surface area contributed by atoms with E-state index in [4.69, 9.17) is 0 Å². The summed E-state index contributed by atoms with van der Waals surface area (Å²) >= 11 is 0. The third-order valence-electron chi connectivity index (χ3n) is 4.06. The normalized spacial score (nSPS) is 26.3. The predicted molar refractivity (Wildman–Crippen MR) is 73.2 cm³/mol. The van der Waals surface area contributed by atoms with Gasteiger partial charge in [-0.25, -0.2) is 4.39 Å². The second kappa shape index (κ2) is 6.44. The molecule has 3 unspecified atom stereocenters. The summed E-state index contributed by atoms with van der Waals surface area (Å²) in [4.78, 5) is 6.35. The van der Waals surface area contributed by atoms with Gasteiger partial charge in [0.1, 0.15) is 5.82 Å². The number of likely N-dealkylation sites (tertiary alicyclic amines) is 1. The third kappa shape index (κ3) is 3.98. The van der Waals surface area contributed by atoms with Gasteiger partial charge in [-0.2, -0.15) is 0 Å². The lowest BCUT2D eigenvalue weighted by atomic mass is 9.93. The van der Waals surface area contributed by atoms with Crippen LogP contribution in [0.2, 0.25) is 0 Å². The summed E-state index contributed by atoms with van der Waals surface area (Å²) in [6, 6.07) is 3.48. The van der Waals surface area contributed by atoms with Gasteiger partial charge in [0, 0.05) is 12.6 Å². The smallest absolute Gasteiger partial charge is 0.141 e. The molecule has 1 saturated heterocycles. The molecule has 0 saturated carbocycles. The predicted octanol–water partition coefficient (Wildman–Crippen LogP) is 2.76. The SMILES string of the molecule is CC1CCN(CCC(O)c2ccc(F)cn2)C(C)C1. The number of aliphatic hydroxyl groups is 1. The maximum atomic E-state index is 12.8. The first-order valence-electron chi connectivity index (χ1n) is 7.10. The second-order valence-corrected chi connectivity index (χ2v) is 5.72. The first-order valence-corrected chi connectivity index (χ1v) is 7.10. The van der Waals surface area contributed by atoms with Gasteiger partial charge >= 0.3 is 0 Å². The summed E-state index contributed by atoms with van der Waals surface area (Å²) in [5.74, 6) is 0.435. The Hall–Kier alpha value is -1.00. The minimum absolute atomic E-state index is 0.366. The zero-order valence-electron chi connectivity index (χ0n) is 11.7. The summed E-state index contributed by atoms with van der Waals surface area (Å²) < 4.78 is 12.8. The molecule has 1 N–H and O–H groups in total. The largest absolute Gasteiger partial charge is 0.387 e. The van der Waals surface area contributed by atoms with Crippen LogP contribution in [0.5, 0.6) is 0 Å². The molecule has 4 heteroatoms. The monoisotopic (exact) mass is 266 g/mol. The lowest BCUT2D eigenvalue weighted by Crippen LogP contribution is -2.41. The standard InChI is InChI=1S/C15H23FN2O/c1-11-5-7-18(12(2)9-11)8-6-15(19)14-4-3-13(16)10-17-14/h3-4,10-12,15,19H,5-9H2,1-2H3. The summed E-state index contributed by atoms with van der Waals surface area (Å²) in [6.45, 7) is 6.52. The van der Waals surface area contributed by atoms with E-state index in [9.17, 15) is 9.50 Å². The van der Waals surface area contributed by atoms with E-state index in [0.717, 1.165) is 25.2 Å². The Morgan fingerprint density at radius 2 is 2.26 bits per heavy atom. The van der Waals surface area contributed by atoms with E-state index < -0.39 is 6.10 Å². The topological polar surface area (TPSA) is 36.4 Å². The van der Waals surface area contributed by atoms with Gasteiger partial charge in [0.05, 0.1) is 18.0 Å². The van der Waals surface area contributed by atoms with Crippen LogP contribution in [0.15, 0.2) is 18.3 Å². The number of hydrogen-bond acceptors (Lipinski definition) is 3. The molecule has 106 valence electrons. The molecular weight excluding hydrogens is 243 g/mol. The Kier molecular flexibility index (Phi) is 4.88. The van der Waals surface area contributed by atoms with Crippen molar-refractivity contribution in [2.75, 3.05) is 13.1 Å². The fourth-order valence-corrected chi connectivity index (χ4v) is 2.81. The first kappa shape index (κ1) is 14.4. The molecule has 0 aliphatic carbocycles. The number of pyridine rings is 1. The third-order valence-corrected chi connectivity index (χ3v) is 4.06. The lowest BCUT2D eigenvalue weighted by molar-refractivity contribution is 0.0925. The Labute approximate surface area is 114 Å². The minimum Gasteiger partial charge on any atom is -0.387 e. The zero-order chi connectivity index (χ0) is 13.8. The molecule has 19 heavy (non-hydrogen) atoms. The van der Waals surface area contributed by atoms with E-state index in [0.29, 0.717) is 18.2 Å². The molecule has 0 aromatic carbocycles. The zero-order valence-corrected chi connectivity index (χ0v) is 11.7. The van der Waals surface area contributed by atoms with Gasteiger partial charge in [-0.05, 0) is 50.8 Å². The van der Waals surface area contributed by atoms with Crippen molar-refractivity contribution in [3.63, 3.8) is 0 Å². The van der Waals surface area contributed by atoms with E-state index in [-0.39, 0.29) is 5.82 Å². The van der Waals surface area contributed by atoms with Crippen molar-refractivity contribution >= 4 is 0 Å². The molecule has 3 nitrogen and oxygen atoms in total. The van der Waals surface area contributed by atoms with Crippen LogP contribution >= 0.6 is 0 Å². The number of piperidine rings is 1. The van der Waals surface area contributed by atoms with Crippen LogP contribution in [-0.2, 0) is 0 Å². The molecule has 0 radical (unpaired) electrons. The maximum absolute atomic E-state index is 12.8. The molecule has 1 aliphatic rings. The van der Waals surface area contributed by atoms with Gasteiger partial charge in [-0.1, -0.05) is 6.92 Å². The summed E-state index contributed by atoms with van der Waals surface area (Å²) in [5.41, 5.74) is 0.555. The molecular formula is C15H23FN2O. The quantitative estimate of drug-likeness (QED) is 0.910. The van der Waals surface area contributed by atoms with Crippen LogP contribution in [0.1, 0.15) is 44.9 Å². The molecule has 0 spiro atoms. The number of rotatable bonds is 4. The molecule has 2 rings (SSSR count). The minimum atomic E-state index is -0.604. The Morgan fingerprint density at radius 1 is 1.47 bits per heavy atom. The lowest BCUT2D eigenvalue weighted by Gasteiger charge is -2.36. The number of hydrogen-bond donors (Lipinski definition) is 1. The van der Waals surface area contributed by atoms with E-state index in [2.05, 4.69) is 23.7 Å². The van der Waals surface area contributed by atoms with Gasteiger partial charge < -0.3 is 10.0 Å². The Bertz CT molecular complexity index is 396. The number of aromatic nitrogens is 1. The Balaban J connectivity index is 1.83. The van der Waals surface area contributed by atoms with Crippen LogP contribution in [0.4, 0.5) is 4.39 Å². The molecule has 2 heterocycles. The average molecular weight is 266 g/mol. The van der Waals surface area contributed by atoms with Crippen LogP contribution < -0.4 is 0 Å². The highest BCUT2D eigenvalue weighted by Crippen LogP contribution is 2.23. The van der Waals surface area contributed by atoms with E-state index >= 15 is 0 Å². The Morgan fingerprint density at radius 3 is 2.89 bits per heavy atom. The van der Waals surface area contributed by atoms with E-state index in [1.807, 2.05) is 0 Å². The molecule has 1 aromatic rings. The van der Waals surface area contributed by atoms with Gasteiger partial charge in [0.2, 0.25) is 0 Å². The van der Waals surface area contributed by atoms with Gasteiger partial charge in [0.15, 0.2) is 0 Å². The number of aliphatic hydroxyl groups excluding tert-OH is 1. The van der Waals surface area contributed by atoms with Crippen molar-refractivity contribution in [2.45, 2.75) is 45.3 Å². The first-order chi connectivity index (χ1) is 9.06. The molecule has 3 atom stereocenters. The second-order valence-electron chi connectivity index (χ2n) is 5.72. The van der Waals surface area contributed by atoms with E-state index in [1.165, 1.54) is 18.9 Å². The van der Waals surface area contributed by atoms with Gasteiger partial charge in [-0.15, -0.1) is 0 Å².